The first kappa shape index (κ1) is 13.0. The van der Waals surface area contributed by atoms with Crippen LogP contribution in [0, 0.1) is 0 Å². The maximum Gasteiger partial charge on any atom is 0.0965 e. The van der Waals surface area contributed by atoms with Crippen LogP contribution in [0.3, 0.4) is 0 Å². The van der Waals surface area contributed by atoms with Crippen LogP contribution in [0.2, 0.25) is 0 Å². The molecule has 0 spiro atoms. The predicted octanol–water partition coefficient (Wildman–Crippen LogP) is 2.79. The van der Waals surface area contributed by atoms with E-state index in [0.717, 1.165) is 19.4 Å². The summed E-state index contributed by atoms with van der Waals surface area (Å²) in [5.74, 6) is 0.503. The second kappa shape index (κ2) is 5.94. The van der Waals surface area contributed by atoms with Gasteiger partial charge in [-0.05, 0) is 26.7 Å². The van der Waals surface area contributed by atoms with E-state index in [1.807, 2.05) is 11.6 Å². The van der Waals surface area contributed by atoms with E-state index in [9.17, 15) is 0 Å². The summed E-state index contributed by atoms with van der Waals surface area (Å²) >= 11 is 1.74. The molecule has 1 aromatic rings. The smallest absolute Gasteiger partial charge is 0.0965 e. The average molecular weight is 254 g/mol. The molecule has 0 aliphatic carbocycles. The second-order valence-electron chi connectivity index (χ2n) is 5.11. The van der Waals surface area contributed by atoms with Crippen LogP contribution < -0.4 is 5.32 Å². The lowest BCUT2D eigenvalue weighted by Gasteiger charge is -2.33. The number of thiazole rings is 1. The van der Waals surface area contributed by atoms with E-state index in [1.165, 1.54) is 5.01 Å². The third kappa shape index (κ3) is 3.76. The highest BCUT2D eigenvalue weighted by atomic mass is 32.1. The third-order valence-corrected chi connectivity index (χ3v) is 4.29. The fraction of sp³-hybridized carbons (Fsp3) is 0.769. The Morgan fingerprint density at radius 1 is 1.47 bits per heavy atom. The first-order valence-corrected chi connectivity index (χ1v) is 7.31. The van der Waals surface area contributed by atoms with Crippen LogP contribution in [-0.4, -0.2) is 29.8 Å². The largest absolute Gasteiger partial charge is 0.375 e. The first-order chi connectivity index (χ1) is 8.15. The molecule has 2 rings (SSSR count). The van der Waals surface area contributed by atoms with E-state index in [-0.39, 0.29) is 0 Å². The lowest BCUT2D eigenvalue weighted by molar-refractivity contribution is -0.0421. The van der Waals surface area contributed by atoms with E-state index in [0.29, 0.717) is 24.2 Å². The van der Waals surface area contributed by atoms with E-state index in [4.69, 9.17) is 4.74 Å². The van der Waals surface area contributed by atoms with Crippen LogP contribution >= 0.6 is 11.3 Å². The number of rotatable bonds is 4. The van der Waals surface area contributed by atoms with Crippen molar-refractivity contribution in [2.75, 3.05) is 6.54 Å². The highest BCUT2D eigenvalue weighted by Gasteiger charge is 2.24. The number of hydrogen-bond donors (Lipinski definition) is 1. The fourth-order valence-corrected chi connectivity index (χ4v) is 3.18. The number of ether oxygens (including phenoxy) is 1. The van der Waals surface area contributed by atoms with Gasteiger partial charge in [0.25, 0.3) is 0 Å². The number of nitrogens with zero attached hydrogens (tertiary/aromatic N) is 1. The van der Waals surface area contributed by atoms with Crippen molar-refractivity contribution in [1.29, 1.82) is 0 Å². The molecule has 0 aromatic carbocycles. The molecule has 0 bridgehead atoms. The molecule has 3 atom stereocenters. The number of hydrogen-bond acceptors (Lipinski definition) is 4. The van der Waals surface area contributed by atoms with Gasteiger partial charge < -0.3 is 10.1 Å². The molecule has 1 aliphatic rings. The highest BCUT2D eigenvalue weighted by Crippen LogP contribution is 2.21. The first-order valence-electron chi connectivity index (χ1n) is 6.43. The minimum atomic E-state index is 0.381. The quantitative estimate of drug-likeness (QED) is 0.897. The van der Waals surface area contributed by atoms with Crippen LogP contribution in [0.25, 0.3) is 0 Å². The summed E-state index contributed by atoms with van der Waals surface area (Å²) in [6, 6.07) is 0.594. The molecule has 0 saturated carbocycles. The molecule has 1 aromatic heterocycles. The van der Waals surface area contributed by atoms with Gasteiger partial charge in [0.15, 0.2) is 0 Å². The van der Waals surface area contributed by atoms with E-state index in [1.54, 1.807) is 11.3 Å². The zero-order valence-electron chi connectivity index (χ0n) is 10.8. The van der Waals surface area contributed by atoms with Crippen molar-refractivity contribution in [1.82, 2.24) is 10.3 Å². The van der Waals surface area contributed by atoms with Crippen LogP contribution in [-0.2, 0) is 4.74 Å². The molecule has 1 aliphatic heterocycles. The van der Waals surface area contributed by atoms with Crippen molar-refractivity contribution >= 4 is 11.3 Å². The molecule has 1 N–H and O–H groups in total. The molecule has 1 saturated heterocycles. The fourth-order valence-electron chi connectivity index (χ4n) is 2.48. The topological polar surface area (TPSA) is 34.2 Å². The van der Waals surface area contributed by atoms with Gasteiger partial charge >= 0.3 is 0 Å². The second-order valence-corrected chi connectivity index (χ2v) is 6.03. The summed E-state index contributed by atoms with van der Waals surface area (Å²) in [5.41, 5.74) is 0. The Hall–Kier alpha value is -0.450. The van der Waals surface area contributed by atoms with Gasteiger partial charge in [-0.25, -0.2) is 4.98 Å². The SMILES string of the molecule is CC1CC(NCC(C)c2nccs2)CC(C)O1. The lowest BCUT2D eigenvalue weighted by Crippen LogP contribution is -2.42. The Balaban J connectivity index is 1.78. The van der Waals surface area contributed by atoms with E-state index in [2.05, 4.69) is 31.1 Å². The predicted molar refractivity (Wildman–Crippen MR) is 71.6 cm³/mol. The van der Waals surface area contributed by atoms with Crippen molar-refractivity contribution < 1.29 is 4.74 Å². The van der Waals surface area contributed by atoms with Crippen LogP contribution in [0.1, 0.15) is 44.5 Å². The van der Waals surface area contributed by atoms with Gasteiger partial charge in [-0.2, -0.15) is 0 Å². The van der Waals surface area contributed by atoms with Gasteiger partial charge in [0, 0.05) is 30.1 Å². The van der Waals surface area contributed by atoms with Crippen molar-refractivity contribution in [2.45, 2.75) is 57.8 Å². The summed E-state index contributed by atoms with van der Waals surface area (Å²) in [6.45, 7) is 7.57. The van der Waals surface area contributed by atoms with Gasteiger partial charge in [-0.1, -0.05) is 6.92 Å². The van der Waals surface area contributed by atoms with Crippen LogP contribution in [0.4, 0.5) is 0 Å². The van der Waals surface area contributed by atoms with Gasteiger partial charge in [-0.15, -0.1) is 11.3 Å². The Labute approximate surface area is 108 Å². The van der Waals surface area contributed by atoms with E-state index < -0.39 is 0 Å². The van der Waals surface area contributed by atoms with E-state index >= 15 is 0 Å². The molecule has 2 heterocycles. The van der Waals surface area contributed by atoms with Crippen LogP contribution in [0.15, 0.2) is 11.6 Å². The molecule has 17 heavy (non-hydrogen) atoms. The highest BCUT2D eigenvalue weighted by molar-refractivity contribution is 7.09. The molecule has 1 fully saturated rings. The van der Waals surface area contributed by atoms with Gasteiger partial charge in [0.2, 0.25) is 0 Å². The summed E-state index contributed by atoms with van der Waals surface area (Å²) in [5, 5.41) is 6.93. The molecule has 96 valence electrons. The van der Waals surface area contributed by atoms with Crippen molar-refractivity contribution in [3.8, 4) is 0 Å². The van der Waals surface area contributed by atoms with Gasteiger partial charge in [-0.3, -0.25) is 0 Å². The summed E-state index contributed by atoms with van der Waals surface area (Å²) in [7, 11) is 0. The van der Waals surface area contributed by atoms with Crippen LogP contribution in [0.5, 0.6) is 0 Å². The van der Waals surface area contributed by atoms with Crippen molar-refractivity contribution in [3.05, 3.63) is 16.6 Å². The van der Waals surface area contributed by atoms with Crippen molar-refractivity contribution in [2.24, 2.45) is 0 Å². The summed E-state index contributed by atoms with van der Waals surface area (Å²) in [6.07, 6.45) is 4.89. The number of aromatic nitrogens is 1. The Morgan fingerprint density at radius 2 is 2.18 bits per heavy atom. The number of nitrogens with one attached hydrogen (secondary N) is 1. The summed E-state index contributed by atoms with van der Waals surface area (Å²) in [4.78, 5) is 4.36. The minimum Gasteiger partial charge on any atom is -0.375 e. The average Bonchev–Trinajstić information content (AvgIpc) is 2.78. The van der Waals surface area contributed by atoms with Gasteiger partial charge in [0.1, 0.15) is 0 Å². The third-order valence-electron chi connectivity index (χ3n) is 3.28. The zero-order valence-corrected chi connectivity index (χ0v) is 11.7. The maximum absolute atomic E-state index is 5.75. The molecular formula is C13H22N2OS. The molecule has 4 heteroatoms. The Kier molecular flexibility index (Phi) is 4.54. The zero-order chi connectivity index (χ0) is 12.3. The molecule has 3 nitrogen and oxygen atoms in total. The lowest BCUT2D eigenvalue weighted by atomic mass is 9.99. The minimum absolute atomic E-state index is 0.381. The Morgan fingerprint density at radius 3 is 2.76 bits per heavy atom. The molecular weight excluding hydrogens is 232 g/mol. The van der Waals surface area contributed by atoms with Crippen molar-refractivity contribution in [3.63, 3.8) is 0 Å². The molecule has 3 unspecified atom stereocenters. The Bertz CT molecular complexity index is 318. The molecule has 0 amide bonds. The maximum atomic E-state index is 5.75. The summed E-state index contributed by atoms with van der Waals surface area (Å²) < 4.78 is 5.75. The normalized spacial score (nSPS) is 31.4. The molecule has 0 radical (unpaired) electrons. The monoisotopic (exact) mass is 254 g/mol. The van der Waals surface area contributed by atoms with Gasteiger partial charge in [0.05, 0.1) is 17.2 Å². The standard InChI is InChI=1S/C13H22N2OS/c1-9(13-14-4-5-17-13)8-15-12-6-10(2)16-11(3)7-12/h4-5,9-12,15H,6-8H2,1-3H3.